The Morgan fingerprint density at radius 2 is 1.84 bits per heavy atom. The van der Waals surface area contributed by atoms with Crippen molar-refractivity contribution in [1.29, 1.82) is 0 Å². The molecule has 2 aromatic rings. The largest absolute Gasteiger partial charge is 0.310 e. The standard InChI is InChI=1S/C13H9N3O3/c1-6(17)14-11-10-9(12(18)16-13(10)19)7-4-2-3-5-8(7)15-11/h2-5H,1H3,(H,14,15,17)(H,16,18,19). The van der Waals surface area contributed by atoms with Crippen molar-refractivity contribution in [2.45, 2.75) is 6.92 Å². The molecule has 0 unspecified atom stereocenters. The minimum Gasteiger partial charge on any atom is -0.310 e. The third-order valence-corrected chi connectivity index (χ3v) is 2.87. The predicted molar refractivity (Wildman–Crippen MR) is 67.8 cm³/mol. The van der Waals surface area contributed by atoms with E-state index in [1.54, 1.807) is 24.3 Å². The first kappa shape index (κ1) is 11.3. The van der Waals surface area contributed by atoms with Crippen molar-refractivity contribution in [3.63, 3.8) is 0 Å². The van der Waals surface area contributed by atoms with E-state index in [1.807, 2.05) is 0 Å². The molecule has 0 fully saturated rings. The molecule has 1 aromatic carbocycles. The lowest BCUT2D eigenvalue weighted by molar-refractivity contribution is -0.114. The van der Waals surface area contributed by atoms with Crippen LogP contribution in [0.15, 0.2) is 24.3 Å². The molecule has 2 N–H and O–H groups in total. The van der Waals surface area contributed by atoms with Gasteiger partial charge < -0.3 is 5.32 Å². The molecule has 3 amide bonds. The van der Waals surface area contributed by atoms with Gasteiger partial charge in [0.15, 0.2) is 0 Å². The molecule has 2 heterocycles. The van der Waals surface area contributed by atoms with E-state index in [-0.39, 0.29) is 22.9 Å². The Morgan fingerprint density at radius 3 is 2.58 bits per heavy atom. The van der Waals surface area contributed by atoms with Crippen LogP contribution in [0.2, 0.25) is 0 Å². The summed E-state index contributed by atoms with van der Waals surface area (Å²) < 4.78 is 0. The topological polar surface area (TPSA) is 88.2 Å². The van der Waals surface area contributed by atoms with Gasteiger partial charge in [-0.25, -0.2) is 4.98 Å². The number of imide groups is 1. The SMILES string of the molecule is CC(=O)Nc1nc2ccccc2c2c1C(=O)NC2=O. The van der Waals surface area contributed by atoms with E-state index in [1.165, 1.54) is 6.92 Å². The van der Waals surface area contributed by atoms with Crippen molar-refractivity contribution in [2.75, 3.05) is 5.32 Å². The van der Waals surface area contributed by atoms with Crippen LogP contribution in [0, 0.1) is 0 Å². The number of nitrogens with zero attached hydrogens (tertiary/aromatic N) is 1. The number of fused-ring (bicyclic) bond motifs is 3. The number of benzene rings is 1. The minimum atomic E-state index is -0.540. The maximum absolute atomic E-state index is 11.9. The molecule has 6 nitrogen and oxygen atoms in total. The zero-order valence-electron chi connectivity index (χ0n) is 9.98. The Labute approximate surface area is 107 Å². The highest BCUT2D eigenvalue weighted by Gasteiger charge is 2.33. The second kappa shape index (κ2) is 3.88. The van der Waals surface area contributed by atoms with Gasteiger partial charge in [0.1, 0.15) is 5.82 Å². The highest BCUT2D eigenvalue weighted by atomic mass is 16.2. The van der Waals surface area contributed by atoms with Crippen molar-refractivity contribution < 1.29 is 14.4 Å². The molecular formula is C13H9N3O3. The highest BCUT2D eigenvalue weighted by molar-refractivity contribution is 6.28. The quantitative estimate of drug-likeness (QED) is 0.746. The Morgan fingerprint density at radius 1 is 1.16 bits per heavy atom. The smallest absolute Gasteiger partial charge is 0.262 e. The summed E-state index contributed by atoms with van der Waals surface area (Å²) in [6, 6.07) is 6.97. The number of rotatable bonds is 1. The van der Waals surface area contributed by atoms with Gasteiger partial charge >= 0.3 is 0 Å². The number of nitrogens with one attached hydrogen (secondary N) is 2. The summed E-state index contributed by atoms with van der Waals surface area (Å²) in [6.07, 6.45) is 0. The van der Waals surface area contributed by atoms with Crippen LogP contribution in [-0.4, -0.2) is 22.7 Å². The van der Waals surface area contributed by atoms with Gasteiger partial charge in [-0.15, -0.1) is 0 Å². The van der Waals surface area contributed by atoms with Crippen LogP contribution >= 0.6 is 0 Å². The molecule has 1 aromatic heterocycles. The second-order valence-electron chi connectivity index (χ2n) is 4.19. The number of carbonyl (C=O) groups excluding carboxylic acids is 3. The van der Waals surface area contributed by atoms with E-state index in [4.69, 9.17) is 0 Å². The Hall–Kier alpha value is -2.76. The number of carbonyl (C=O) groups is 3. The third kappa shape index (κ3) is 1.65. The lowest BCUT2D eigenvalue weighted by Gasteiger charge is -2.08. The number of amides is 3. The highest BCUT2D eigenvalue weighted by Crippen LogP contribution is 2.29. The number of hydrogen-bond acceptors (Lipinski definition) is 4. The third-order valence-electron chi connectivity index (χ3n) is 2.87. The van der Waals surface area contributed by atoms with Crippen LogP contribution in [0.25, 0.3) is 10.9 Å². The number of hydrogen-bond donors (Lipinski definition) is 2. The number of pyridine rings is 1. The molecule has 1 aliphatic heterocycles. The molecule has 0 saturated heterocycles. The van der Waals surface area contributed by atoms with Crippen LogP contribution in [0.1, 0.15) is 27.6 Å². The first-order valence-electron chi connectivity index (χ1n) is 5.64. The van der Waals surface area contributed by atoms with Crippen molar-refractivity contribution in [3.8, 4) is 0 Å². The van der Waals surface area contributed by atoms with Crippen molar-refractivity contribution in [1.82, 2.24) is 10.3 Å². The molecule has 0 atom stereocenters. The second-order valence-corrected chi connectivity index (χ2v) is 4.19. The van der Waals surface area contributed by atoms with Crippen molar-refractivity contribution in [3.05, 3.63) is 35.4 Å². The first-order chi connectivity index (χ1) is 9.08. The van der Waals surface area contributed by atoms with Gasteiger partial charge in [0.2, 0.25) is 5.91 Å². The van der Waals surface area contributed by atoms with Gasteiger partial charge in [-0.05, 0) is 6.07 Å². The summed E-state index contributed by atoms with van der Waals surface area (Å²) in [5.41, 5.74) is 0.938. The molecule has 0 radical (unpaired) electrons. The Balaban J connectivity index is 2.39. The summed E-state index contributed by atoms with van der Waals surface area (Å²) >= 11 is 0. The fourth-order valence-electron chi connectivity index (χ4n) is 2.15. The molecule has 6 heteroatoms. The first-order valence-corrected chi connectivity index (χ1v) is 5.64. The van der Waals surface area contributed by atoms with Crippen LogP contribution in [-0.2, 0) is 4.79 Å². The summed E-state index contributed by atoms with van der Waals surface area (Å²) in [7, 11) is 0. The number of para-hydroxylation sites is 1. The minimum absolute atomic E-state index is 0.115. The summed E-state index contributed by atoms with van der Waals surface area (Å²) in [6.45, 7) is 1.32. The fraction of sp³-hybridized carbons (Fsp3) is 0.0769. The van der Waals surface area contributed by atoms with Crippen LogP contribution in [0.5, 0.6) is 0 Å². The van der Waals surface area contributed by atoms with E-state index in [2.05, 4.69) is 15.6 Å². The molecule has 0 aliphatic carbocycles. The van der Waals surface area contributed by atoms with Gasteiger partial charge in [0.25, 0.3) is 11.8 Å². The fourth-order valence-corrected chi connectivity index (χ4v) is 2.15. The van der Waals surface area contributed by atoms with E-state index in [9.17, 15) is 14.4 Å². The van der Waals surface area contributed by atoms with E-state index in [0.29, 0.717) is 10.9 Å². The summed E-state index contributed by atoms with van der Waals surface area (Å²) in [5.74, 6) is -1.24. The average molecular weight is 255 g/mol. The predicted octanol–water partition coefficient (Wildman–Crippen LogP) is 1.08. The molecule has 94 valence electrons. The van der Waals surface area contributed by atoms with E-state index >= 15 is 0 Å². The molecule has 0 saturated carbocycles. The van der Waals surface area contributed by atoms with Gasteiger partial charge in [-0.1, -0.05) is 18.2 Å². The molecule has 19 heavy (non-hydrogen) atoms. The number of anilines is 1. The summed E-state index contributed by atoms with van der Waals surface area (Å²) in [5, 5.41) is 5.30. The van der Waals surface area contributed by atoms with Crippen molar-refractivity contribution in [2.24, 2.45) is 0 Å². The lowest BCUT2D eigenvalue weighted by Crippen LogP contribution is -2.20. The van der Waals surface area contributed by atoms with Crippen LogP contribution in [0.4, 0.5) is 5.82 Å². The molecule has 1 aliphatic rings. The van der Waals surface area contributed by atoms with Gasteiger partial charge in [0, 0.05) is 12.3 Å². The monoisotopic (exact) mass is 255 g/mol. The van der Waals surface area contributed by atoms with Crippen LogP contribution < -0.4 is 10.6 Å². The maximum atomic E-state index is 11.9. The molecule has 0 spiro atoms. The number of aromatic nitrogens is 1. The van der Waals surface area contributed by atoms with Crippen molar-refractivity contribution >= 4 is 34.4 Å². The van der Waals surface area contributed by atoms with Crippen LogP contribution in [0.3, 0.4) is 0 Å². The molecule has 3 rings (SSSR count). The zero-order valence-corrected chi connectivity index (χ0v) is 9.98. The maximum Gasteiger partial charge on any atom is 0.262 e. The zero-order chi connectivity index (χ0) is 13.6. The van der Waals surface area contributed by atoms with Gasteiger partial charge in [0.05, 0.1) is 16.6 Å². The summed E-state index contributed by atoms with van der Waals surface area (Å²) in [4.78, 5) is 39.1. The van der Waals surface area contributed by atoms with Gasteiger partial charge in [-0.2, -0.15) is 0 Å². The van der Waals surface area contributed by atoms with E-state index < -0.39 is 11.8 Å². The Bertz CT molecular complexity index is 752. The molecular weight excluding hydrogens is 246 g/mol. The Kier molecular flexibility index (Phi) is 2.31. The molecule has 0 bridgehead atoms. The average Bonchev–Trinajstić information content (AvgIpc) is 2.65. The lowest BCUT2D eigenvalue weighted by atomic mass is 10.0. The normalized spacial score (nSPS) is 13.3. The van der Waals surface area contributed by atoms with E-state index in [0.717, 1.165) is 0 Å². The van der Waals surface area contributed by atoms with Gasteiger partial charge in [-0.3, -0.25) is 19.7 Å².